The molecule has 386 valence electrons. The molecule has 0 radical (unpaired) electrons. The molecule has 0 aliphatic heterocycles. The zero-order valence-corrected chi connectivity index (χ0v) is 43.9. The Balaban J connectivity index is 3.45. The highest BCUT2D eigenvalue weighted by Crippen LogP contribution is 2.16. The molecule has 0 aliphatic rings. The third kappa shape index (κ3) is 51.2. The van der Waals surface area contributed by atoms with E-state index < -0.39 is 12.1 Å². The van der Waals surface area contributed by atoms with Crippen molar-refractivity contribution < 1.29 is 24.5 Å². The van der Waals surface area contributed by atoms with Crippen LogP contribution in [-0.2, 0) is 14.3 Å². The first kappa shape index (κ1) is 63.8. The van der Waals surface area contributed by atoms with E-state index in [0.717, 1.165) is 57.8 Å². The Labute approximate surface area is 410 Å². The molecule has 0 spiro atoms. The van der Waals surface area contributed by atoms with Crippen molar-refractivity contribution in [2.75, 3.05) is 13.2 Å². The first-order valence-corrected chi connectivity index (χ1v) is 28.9. The summed E-state index contributed by atoms with van der Waals surface area (Å²) in [6.07, 6.45) is 69.9. The van der Waals surface area contributed by atoms with Crippen LogP contribution in [0.1, 0.15) is 296 Å². The zero-order valence-electron chi connectivity index (χ0n) is 43.9. The number of amides is 1. The highest BCUT2D eigenvalue weighted by molar-refractivity contribution is 5.76. The Hall–Kier alpha value is -2.18. The fourth-order valence-corrected chi connectivity index (χ4v) is 8.60. The molecule has 0 aromatic heterocycles. The second-order valence-corrected chi connectivity index (χ2v) is 19.6. The minimum atomic E-state index is -0.849. The largest absolute Gasteiger partial charge is 0.466 e. The van der Waals surface area contributed by atoms with E-state index >= 15 is 0 Å². The molecule has 0 aromatic rings. The molecule has 66 heavy (non-hydrogen) atoms. The zero-order chi connectivity index (χ0) is 47.9. The first-order chi connectivity index (χ1) is 32.5. The maximum atomic E-state index is 12.4. The van der Waals surface area contributed by atoms with Crippen molar-refractivity contribution in [1.82, 2.24) is 5.32 Å². The SMILES string of the molecule is CCCCC/C=C\C/C=C\CCCCCCCC(=O)OCCCCCCCCCCCC/C=C\CCCCCCCCCC(=O)NC(CO)C(O)/C=C/CCCCCCCCCCCCC. The van der Waals surface area contributed by atoms with Gasteiger partial charge in [0.1, 0.15) is 0 Å². The van der Waals surface area contributed by atoms with Crippen LogP contribution in [0, 0.1) is 0 Å². The summed E-state index contributed by atoms with van der Waals surface area (Å²) < 4.78 is 5.47. The first-order valence-electron chi connectivity index (χ1n) is 28.9. The number of carbonyl (C=O) groups is 2. The van der Waals surface area contributed by atoms with Crippen molar-refractivity contribution in [1.29, 1.82) is 0 Å². The summed E-state index contributed by atoms with van der Waals surface area (Å²) in [5.74, 6) is -0.0839. The molecule has 0 aromatic carbocycles. The van der Waals surface area contributed by atoms with E-state index in [2.05, 4.69) is 55.6 Å². The molecule has 2 unspecified atom stereocenters. The van der Waals surface area contributed by atoms with Gasteiger partial charge in [-0.25, -0.2) is 0 Å². The molecule has 3 N–H and O–H groups in total. The predicted octanol–water partition coefficient (Wildman–Crippen LogP) is 17.8. The molecule has 0 saturated heterocycles. The molecular weight excluding hydrogens is 815 g/mol. The third-order valence-corrected chi connectivity index (χ3v) is 13.1. The van der Waals surface area contributed by atoms with Crippen molar-refractivity contribution >= 4 is 11.9 Å². The molecular formula is C60H111NO5. The van der Waals surface area contributed by atoms with Gasteiger partial charge in [0.2, 0.25) is 5.91 Å². The van der Waals surface area contributed by atoms with Gasteiger partial charge < -0.3 is 20.3 Å². The van der Waals surface area contributed by atoms with Crippen molar-refractivity contribution in [2.24, 2.45) is 0 Å². The van der Waals surface area contributed by atoms with Gasteiger partial charge in [0.25, 0.3) is 0 Å². The van der Waals surface area contributed by atoms with Gasteiger partial charge in [0.05, 0.1) is 25.4 Å². The van der Waals surface area contributed by atoms with Crippen LogP contribution in [0.2, 0.25) is 0 Å². The fourth-order valence-electron chi connectivity index (χ4n) is 8.60. The summed E-state index contributed by atoms with van der Waals surface area (Å²) in [5.41, 5.74) is 0. The van der Waals surface area contributed by atoms with Crippen LogP contribution in [0.3, 0.4) is 0 Å². The summed E-state index contributed by atoms with van der Waals surface area (Å²) in [5, 5.41) is 23.1. The lowest BCUT2D eigenvalue weighted by Gasteiger charge is -2.20. The molecule has 0 saturated carbocycles. The van der Waals surface area contributed by atoms with Crippen LogP contribution >= 0.6 is 0 Å². The van der Waals surface area contributed by atoms with Gasteiger partial charge >= 0.3 is 5.97 Å². The van der Waals surface area contributed by atoms with E-state index in [-0.39, 0.29) is 18.5 Å². The number of ether oxygens (including phenoxy) is 1. The van der Waals surface area contributed by atoms with Crippen LogP contribution in [0.5, 0.6) is 0 Å². The van der Waals surface area contributed by atoms with E-state index in [1.54, 1.807) is 6.08 Å². The van der Waals surface area contributed by atoms with Crippen LogP contribution in [0.4, 0.5) is 0 Å². The maximum Gasteiger partial charge on any atom is 0.305 e. The number of unbranched alkanes of at least 4 members (excludes halogenated alkanes) is 36. The maximum absolute atomic E-state index is 12.4. The van der Waals surface area contributed by atoms with Crippen LogP contribution in [0.15, 0.2) is 48.6 Å². The number of carbonyl (C=O) groups excluding carboxylic acids is 2. The van der Waals surface area contributed by atoms with Gasteiger partial charge in [-0.15, -0.1) is 0 Å². The average molecular weight is 927 g/mol. The average Bonchev–Trinajstić information content (AvgIpc) is 3.32. The van der Waals surface area contributed by atoms with Crippen LogP contribution < -0.4 is 5.32 Å². The minimum Gasteiger partial charge on any atom is -0.466 e. The highest BCUT2D eigenvalue weighted by Gasteiger charge is 2.18. The Kier molecular flexibility index (Phi) is 53.6. The monoisotopic (exact) mass is 926 g/mol. The minimum absolute atomic E-state index is 0.00705. The van der Waals surface area contributed by atoms with Gasteiger partial charge in [0.15, 0.2) is 0 Å². The molecule has 0 aliphatic carbocycles. The number of esters is 1. The lowest BCUT2D eigenvalue weighted by atomic mass is 10.0. The van der Waals surface area contributed by atoms with E-state index in [4.69, 9.17) is 4.74 Å². The molecule has 0 bridgehead atoms. The van der Waals surface area contributed by atoms with Gasteiger partial charge in [0, 0.05) is 12.8 Å². The molecule has 1 amide bonds. The molecule has 0 fully saturated rings. The summed E-state index contributed by atoms with van der Waals surface area (Å²) in [6, 6.07) is -0.634. The van der Waals surface area contributed by atoms with Gasteiger partial charge in [-0.2, -0.15) is 0 Å². The van der Waals surface area contributed by atoms with Gasteiger partial charge in [-0.1, -0.05) is 242 Å². The lowest BCUT2D eigenvalue weighted by molar-refractivity contribution is -0.143. The third-order valence-electron chi connectivity index (χ3n) is 13.1. The van der Waals surface area contributed by atoms with Crippen LogP contribution in [-0.4, -0.2) is 47.4 Å². The summed E-state index contributed by atoms with van der Waals surface area (Å²) in [6.45, 7) is 4.86. The molecule has 0 heterocycles. The number of allylic oxidation sites excluding steroid dienone is 7. The van der Waals surface area contributed by atoms with Crippen molar-refractivity contribution in [3.05, 3.63) is 48.6 Å². The number of aliphatic hydroxyl groups is 2. The van der Waals surface area contributed by atoms with E-state index in [9.17, 15) is 19.8 Å². The molecule has 6 nitrogen and oxygen atoms in total. The second-order valence-electron chi connectivity index (χ2n) is 19.6. The predicted molar refractivity (Wildman–Crippen MR) is 287 cm³/mol. The van der Waals surface area contributed by atoms with Crippen molar-refractivity contribution in [3.63, 3.8) is 0 Å². The Morgan fingerprint density at radius 1 is 0.424 bits per heavy atom. The molecule has 0 rings (SSSR count). The number of hydrogen-bond acceptors (Lipinski definition) is 5. The number of hydrogen-bond donors (Lipinski definition) is 3. The summed E-state index contributed by atoms with van der Waals surface area (Å²) >= 11 is 0. The summed E-state index contributed by atoms with van der Waals surface area (Å²) in [7, 11) is 0. The Morgan fingerprint density at radius 2 is 0.758 bits per heavy atom. The summed E-state index contributed by atoms with van der Waals surface area (Å²) in [4.78, 5) is 24.5. The van der Waals surface area contributed by atoms with Crippen molar-refractivity contribution in [2.45, 2.75) is 309 Å². The van der Waals surface area contributed by atoms with E-state index in [0.29, 0.717) is 19.4 Å². The van der Waals surface area contributed by atoms with Crippen LogP contribution in [0.25, 0.3) is 0 Å². The Morgan fingerprint density at radius 3 is 1.20 bits per heavy atom. The lowest BCUT2D eigenvalue weighted by Crippen LogP contribution is -2.45. The van der Waals surface area contributed by atoms with Crippen molar-refractivity contribution in [3.8, 4) is 0 Å². The number of nitrogens with one attached hydrogen (secondary N) is 1. The quantitative estimate of drug-likeness (QED) is 0.0321. The topological polar surface area (TPSA) is 95.9 Å². The van der Waals surface area contributed by atoms with Gasteiger partial charge in [-0.05, 0) is 89.9 Å². The Bertz CT molecular complexity index is 1110. The number of rotatable bonds is 53. The second kappa shape index (κ2) is 55.4. The highest BCUT2D eigenvalue weighted by atomic mass is 16.5. The fraction of sp³-hybridized carbons (Fsp3) is 0.833. The molecule has 6 heteroatoms. The molecule has 2 atom stereocenters. The van der Waals surface area contributed by atoms with E-state index in [1.165, 1.54) is 212 Å². The van der Waals surface area contributed by atoms with E-state index in [1.807, 2.05) is 6.08 Å². The normalized spacial score (nSPS) is 13.0. The van der Waals surface area contributed by atoms with Gasteiger partial charge in [-0.3, -0.25) is 9.59 Å². The number of aliphatic hydroxyl groups excluding tert-OH is 2. The smallest absolute Gasteiger partial charge is 0.305 e. The standard InChI is InChI=1S/C60H111NO5/c1-3-5-7-9-11-13-15-17-25-30-34-38-42-46-50-54-60(65)66-55-51-47-43-39-35-31-27-24-22-20-18-19-21-23-26-29-33-37-41-45-49-53-59(64)61-57(56-62)58(63)52-48-44-40-36-32-28-16-14-12-10-8-6-4-2/h11,13,17,19,21,25,48,52,57-58,62-63H,3-10,12,14-16,18,20,22-24,26-47,49-51,53-56H2,1-2H3,(H,61,64)/b13-11-,21-19-,25-17-,52-48+.